The molecule has 0 saturated heterocycles. The van der Waals surface area contributed by atoms with E-state index in [2.05, 4.69) is 20.8 Å². The number of benzene rings is 1. The summed E-state index contributed by atoms with van der Waals surface area (Å²) in [7, 11) is 0. The number of unbranched alkanes of at least 4 members (excludes halogenated alkanes) is 3. The van der Waals surface area contributed by atoms with Gasteiger partial charge in [-0.3, -0.25) is 0 Å². The van der Waals surface area contributed by atoms with Crippen LogP contribution >= 0.6 is 0 Å². The fourth-order valence-electron chi connectivity index (χ4n) is 4.35. The van der Waals surface area contributed by atoms with Crippen molar-refractivity contribution in [3.05, 3.63) is 24.0 Å². The van der Waals surface area contributed by atoms with Gasteiger partial charge in [0.1, 0.15) is 0 Å². The van der Waals surface area contributed by atoms with Gasteiger partial charge in [0, 0.05) is 0 Å². The molecule has 1 aromatic carbocycles. The monoisotopic (exact) mass is 514 g/mol. The minimum absolute atomic E-state index is 0.246. The molecule has 1 atom stereocenters. The van der Waals surface area contributed by atoms with E-state index in [9.17, 15) is 9.50 Å². The van der Waals surface area contributed by atoms with Crippen molar-refractivity contribution in [2.24, 2.45) is 0 Å². The first-order valence-electron chi connectivity index (χ1n) is 11.5. The maximum atomic E-state index is 14.1. The zero-order valence-corrected chi connectivity index (χ0v) is 21.3. The molecule has 1 heterocycles. The first-order valence-corrected chi connectivity index (χ1v) is 18.9. The number of aliphatic hydroxyl groups excluding tert-OH is 2. The van der Waals surface area contributed by atoms with Crippen LogP contribution in [-0.2, 0) is 6.54 Å². The summed E-state index contributed by atoms with van der Waals surface area (Å²) in [5.41, 5.74) is 0.843. The molecule has 0 bridgehead atoms. The molecule has 0 spiro atoms. The molecule has 0 saturated carbocycles. The van der Waals surface area contributed by atoms with Gasteiger partial charge in [-0.15, -0.1) is 0 Å². The van der Waals surface area contributed by atoms with Gasteiger partial charge >= 0.3 is 180 Å². The Morgan fingerprint density at radius 3 is 2.14 bits per heavy atom. The molecule has 1 unspecified atom stereocenters. The average Bonchev–Trinajstić information content (AvgIpc) is 3.10. The Morgan fingerprint density at radius 1 is 1.03 bits per heavy atom. The summed E-state index contributed by atoms with van der Waals surface area (Å²) in [5, 5.41) is 25.2. The van der Waals surface area contributed by atoms with Crippen molar-refractivity contribution in [3.8, 4) is 0 Å². The third-order valence-corrected chi connectivity index (χ3v) is 21.3. The molecule has 0 fully saturated rings. The molecule has 0 amide bonds. The van der Waals surface area contributed by atoms with Gasteiger partial charge in [0.15, 0.2) is 0 Å². The van der Waals surface area contributed by atoms with Crippen LogP contribution in [0.4, 0.5) is 4.39 Å². The Balaban J connectivity index is 2.56. The number of rotatable bonds is 14. The van der Waals surface area contributed by atoms with Gasteiger partial charge in [-0.1, -0.05) is 0 Å². The molecule has 2 rings (SSSR count). The SMILES string of the molecule is CCC[CH2][Sn]([CH2]CCC)([CH2]CCC)[c]1nn(CCC(O)CO)c2cc(F)ccc12. The molecule has 4 nitrogen and oxygen atoms in total. The van der Waals surface area contributed by atoms with E-state index < -0.39 is 24.5 Å². The number of aliphatic hydroxyl groups is 2. The first kappa shape index (κ1) is 24.6. The van der Waals surface area contributed by atoms with Crippen molar-refractivity contribution in [3.63, 3.8) is 0 Å². The average molecular weight is 513 g/mol. The molecule has 2 N–H and O–H groups in total. The maximum absolute atomic E-state index is 14.1. The second-order valence-electron chi connectivity index (χ2n) is 8.45. The molecule has 164 valence electrons. The number of hydrogen-bond donors (Lipinski definition) is 2. The number of hydrogen-bond acceptors (Lipinski definition) is 3. The molecule has 0 aliphatic heterocycles. The van der Waals surface area contributed by atoms with Gasteiger partial charge in [-0.25, -0.2) is 0 Å². The van der Waals surface area contributed by atoms with Crippen LogP contribution < -0.4 is 3.71 Å². The van der Waals surface area contributed by atoms with Crippen molar-refractivity contribution < 1.29 is 14.6 Å². The third kappa shape index (κ3) is 6.41. The van der Waals surface area contributed by atoms with Crippen molar-refractivity contribution in [2.45, 2.75) is 91.7 Å². The predicted molar refractivity (Wildman–Crippen MR) is 122 cm³/mol. The first-order chi connectivity index (χ1) is 14.0. The topological polar surface area (TPSA) is 58.3 Å². The van der Waals surface area contributed by atoms with Crippen LogP contribution in [0.5, 0.6) is 0 Å². The fraction of sp³-hybridized carbons (Fsp3) is 0.696. The zero-order chi connectivity index (χ0) is 21.3. The summed E-state index contributed by atoms with van der Waals surface area (Å²) in [4.78, 5) is 0. The summed E-state index contributed by atoms with van der Waals surface area (Å²) < 4.78 is 21.2. The number of fused-ring (bicyclic) bond motifs is 1. The van der Waals surface area contributed by atoms with Crippen molar-refractivity contribution in [2.75, 3.05) is 6.61 Å². The minimum atomic E-state index is -2.77. The standard InChI is InChI=1S/C11H12FN2O2.3C4H9.Sn/c12-9-2-1-8-6-13-14(11(8)5-9)4-3-10(16)7-15;3*1-3-4-2;/h1-2,5,10,15-16H,3-4,7H2;3*1,3-4H2,2H3;. The van der Waals surface area contributed by atoms with E-state index in [4.69, 9.17) is 10.2 Å². The van der Waals surface area contributed by atoms with Crippen LogP contribution in [0.3, 0.4) is 0 Å². The molecule has 29 heavy (non-hydrogen) atoms. The van der Waals surface area contributed by atoms with Crippen LogP contribution in [0, 0.1) is 5.82 Å². The molecular weight excluding hydrogens is 474 g/mol. The molecule has 0 aliphatic carbocycles. The molecule has 2 aromatic rings. The Morgan fingerprint density at radius 2 is 1.62 bits per heavy atom. The summed E-state index contributed by atoms with van der Waals surface area (Å²) in [6, 6.07) is 5.09. The summed E-state index contributed by atoms with van der Waals surface area (Å²) in [6.07, 6.45) is 7.02. The second kappa shape index (κ2) is 12.3. The normalized spacial score (nSPS) is 13.3. The van der Waals surface area contributed by atoms with Crippen molar-refractivity contribution in [1.29, 1.82) is 0 Å². The van der Waals surface area contributed by atoms with Gasteiger partial charge in [-0.2, -0.15) is 0 Å². The van der Waals surface area contributed by atoms with Gasteiger partial charge in [0.05, 0.1) is 0 Å². The van der Waals surface area contributed by atoms with E-state index >= 15 is 0 Å². The summed E-state index contributed by atoms with van der Waals surface area (Å²) in [6.45, 7) is 7.03. The van der Waals surface area contributed by atoms with Crippen LogP contribution in [0.1, 0.15) is 65.7 Å². The molecule has 0 radical (unpaired) electrons. The van der Waals surface area contributed by atoms with Gasteiger partial charge < -0.3 is 0 Å². The fourth-order valence-corrected chi connectivity index (χ4v) is 20.5. The van der Waals surface area contributed by atoms with Crippen LogP contribution in [0.25, 0.3) is 10.9 Å². The Labute approximate surface area is 179 Å². The van der Waals surface area contributed by atoms with Crippen LogP contribution in [0.2, 0.25) is 13.3 Å². The van der Waals surface area contributed by atoms with Gasteiger partial charge in [0.2, 0.25) is 0 Å². The van der Waals surface area contributed by atoms with Crippen LogP contribution in [0.15, 0.2) is 18.2 Å². The number of aromatic nitrogens is 2. The van der Waals surface area contributed by atoms with Crippen LogP contribution in [-0.4, -0.2) is 51.1 Å². The predicted octanol–water partition coefficient (Wildman–Crippen LogP) is 4.97. The van der Waals surface area contributed by atoms with E-state index in [0.29, 0.717) is 13.0 Å². The van der Waals surface area contributed by atoms with E-state index in [0.717, 1.165) is 10.9 Å². The Hall–Kier alpha value is -0.661. The van der Waals surface area contributed by atoms with Gasteiger partial charge in [-0.05, 0) is 0 Å². The number of nitrogens with zero attached hydrogens (tertiary/aromatic N) is 2. The molecule has 1 aromatic heterocycles. The number of aryl methyl sites for hydroxylation is 1. The van der Waals surface area contributed by atoms with Gasteiger partial charge in [0.25, 0.3) is 0 Å². The summed E-state index contributed by atoms with van der Waals surface area (Å²) in [5.74, 6) is -0.246. The quantitative estimate of drug-likeness (QED) is 0.351. The van der Waals surface area contributed by atoms with E-state index in [1.807, 2.05) is 10.7 Å². The van der Waals surface area contributed by atoms with E-state index in [-0.39, 0.29) is 12.4 Å². The summed E-state index contributed by atoms with van der Waals surface area (Å²) >= 11 is -2.77. The molecule has 6 heteroatoms. The van der Waals surface area contributed by atoms with E-state index in [1.165, 1.54) is 55.5 Å². The second-order valence-corrected chi connectivity index (χ2v) is 21.4. The Kier molecular flexibility index (Phi) is 10.4. The molecule has 0 aliphatic rings. The number of halogens is 1. The van der Waals surface area contributed by atoms with Crippen molar-refractivity contribution in [1.82, 2.24) is 9.78 Å². The van der Waals surface area contributed by atoms with E-state index in [1.54, 1.807) is 12.1 Å². The molecular formula is C23H39FN2O2Sn. The Bertz CT molecular complexity index is 728. The third-order valence-electron chi connectivity index (χ3n) is 6.13. The zero-order valence-electron chi connectivity index (χ0n) is 18.5. The van der Waals surface area contributed by atoms with Crippen molar-refractivity contribution >= 4 is 33.0 Å².